The largest absolute Gasteiger partial charge is 0.204 e. The Hall–Kier alpha value is -0.930. The third kappa shape index (κ3) is 3.30. The van der Waals surface area contributed by atoms with Crippen LogP contribution in [0.25, 0.3) is 0 Å². The number of alkyl halides is 1. The van der Waals surface area contributed by atoms with Crippen LogP contribution >= 0.6 is 27.5 Å². The normalized spacial score (nSPS) is 12.4. The van der Waals surface area contributed by atoms with Crippen LogP contribution in [0, 0.1) is 11.6 Å². The molecule has 0 aromatic heterocycles. The first-order valence-electron chi connectivity index (χ1n) is 5.40. The molecule has 2 rings (SSSR count). The molecule has 18 heavy (non-hydrogen) atoms. The summed E-state index contributed by atoms with van der Waals surface area (Å²) in [4.78, 5) is 0. The first-order chi connectivity index (χ1) is 8.56. The van der Waals surface area contributed by atoms with Gasteiger partial charge in [-0.3, -0.25) is 0 Å². The van der Waals surface area contributed by atoms with Crippen molar-refractivity contribution in [1.82, 2.24) is 0 Å². The van der Waals surface area contributed by atoms with E-state index in [0.29, 0.717) is 12.0 Å². The number of halogens is 4. The van der Waals surface area contributed by atoms with Crippen LogP contribution in [0.1, 0.15) is 16.5 Å². The highest BCUT2D eigenvalue weighted by Gasteiger charge is 2.12. The van der Waals surface area contributed by atoms with Gasteiger partial charge >= 0.3 is 0 Å². The van der Waals surface area contributed by atoms with Crippen LogP contribution in [-0.2, 0) is 6.42 Å². The van der Waals surface area contributed by atoms with Gasteiger partial charge in [-0.2, -0.15) is 0 Å². The molecule has 0 aliphatic heterocycles. The highest BCUT2D eigenvalue weighted by atomic mass is 79.9. The van der Waals surface area contributed by atoms with Crippen LogP contribution in [0.5, 0.6) is 0 Å². The zero-order valence-corrected chi connectivity index (χ0v) is 11.7. The Morgan fingerprint density at radius 3 is 2.50 bits per heavy atom. The van der Waals surface area contributed by atoms with Gasteiger partial charge in [0.2, 0.25) is 0 Å². The molecule has 0 heterocycles. The molecular formula is C14H10BrClF2. The molecule has 0 fully saturated rings. The lowest BCUT2D eigenvalue weighted by Crippen LogP contribution is -1.97. The molecule has 0 spiro atoms. The SMILES string of the molecule is Fc1ccc(C(Cl)Cc2cccc(Br)c2)cc1F. The van der Waals surface area contributed by atoms with Crippen LogP contribution in [-0.4, -0.2) is 0 Å². The monoisotopic (exact) mass is 330 g/mol. The second-order valence-corrected chi connectivity index (χ2v) is 5.42. The fourth-order valence-corrected chi connectivity index (χ4v) is 2.46. The smallest absolute Gasteiger partial charge is 0.159 e. The van der Waals surface area contributed by atoms with Gasteiger partial charge in [0.25, 0.3) is 0 Å². The fraction of sp³-hybridized carbons (Fsp3) is 0.143. The van der Waals surface area contributed by atoms with Gasteiger partial charge in [0, 0.05) is 4.47 Å². The highest BCUT2D eigenvalue weighted by molar-refractivity contribution is 9.10. The minimum atomic E-state index is -0.868. The molecule has 2 aromatic rings. The van der Waals surface area contributed by atoms with E-state index in [0.717, 1.165) is 22.2 Å². The molecule has 0 bridgehead atoms. The van der Waals surface area contributed by atoms with Gasteiger partial charge in [0.05, 0.1) is 5.38 Å². The number of hydrogen-bond acceptors (Lipinski definition) is 0. The first kappa shape index (κ1) is 13.5. The van der Waals surface area contributed by atoms with Gasteiger partial charge in [-0.1, -0.05) is 34.1 Å². The Labute approximate surface area is 118 Å². The van der Waals surface area contributed by atoms with Crippen molar-refractivity contribution in [1.29, 1.82) is 0 Å². The van der Waals surface area contributed by atoms with Crippen molar-refractivity contribution in [3.8, 4) is 0 Å². The van der Waals surface area contributed by atoms with Crippen LogP contribution in [0.3, 0.4) is 0 Å². The fourth-order valence-electron chi connectivity index (χ4n) is 1.70. The van der Waals surface area contributed by atoms with Gasteiger partial charge < -0.3 is 0 Å². The van der Waals surface area contributed by atoms with Crippen molar-refractivity contribution < 1.29 is 8.78 Å². The zero-order chi connectivity index (χ0) is 13.1. The van der Waals surface area contributed by atoms with Gasteiger partial charge in [-0.05, 0) is 41.8 Å². The van der Waals surface area contributed by atoms with E-state index < -0.39 is 11.6 Å². The van der Waals surface area contributed by atoms with Crippen molar-refractivity contribution in [2.24, 2.45) is 0 Å². The van der Waals surface area contributed by atoms with Crippen LogP contribution < -0.4 is 0 Å². The standard InChI is InChI=1S/C14H10BrClF2/c15-11-3-1-2-9(6-11)7-12(16)10-4-5-13(17)14(18)8-10/h1-6,8,12H,7H2. The summed E-state index contributed by atoms with van der Waals surface area (Å²) >= 11 is 9.59. The molecule has 0 nitrogen and oxygen atoms in total. The zero-order valence-electron chi connectivity index (χ0n) is 9.34. The van der Waals surface area contributed by atoms with Crippen LogP contribution in [0.2, 0.25) is 0 Å². The molecule has 2 aromatic carbocycles. The molecule has 0 aliphatic rings. The Kier molecular flexibility index (Phi) is 4.36. The summed E-state index contributed by atoms with van der Waals surface area (Å²) in [6.07, 6.45) is 0.562. The average Bonchev–Trinajstić information content (AvgIpc) is 2.32. The molecule has 1 unspecified atom stereocenters. The summed E-state index contributed by atoms with van der Waals surface area (Å²) in [5.41, 5.74) is 1.62. The maximum absolute atomic E-state index is 13.1. The van der Waals surface area contributed by atoms with E-state index in [2.05, 4.69) is 15.9 Å². The highest BCUT2D eigenvalue weighted by Crippen LogP contribution is 2.27. The van der Waals surface area contributed by atoms with Gasteiger partial charge in [-0.25, -0.2) is 8.78 Å². The minimum Gasteiger partial charge on any atom is -0.204 e. The van der Waals surface area contributed by atoms with Gasteiger partial charge in [0.15, 0.2) is 11.6 Å². The quantitative estimate of drug-likeness (QED) is 0.674. The molecule has 94 valence electrons. The summed E-state index contributed by atoms with van der Waals surface area (Å²) in [6, 6.07) is 11.5. The third-order valence-electron chi connectivity index (χ3n) is 2.61. The molecule has 0 N–H and O–H groups in total. The molecule has 1 atom stereocenters. The van der Waals surface area contributed by atoms with E-state index in [4.69, 9.17) is 11.6 Å². The summed E-state index contributed by atoms with van der Waals surface area (Å²) in [6.45, 7) is 0. The summed E-state index contributed by atoms with van der Waals surface area (Å²) in [7, 11) is 0. The minimum absolute atomic E-state index is 0.380. The van der Waals surface area contributed by atoms with Crippen molar-refractivity contribution >= 4 is 27.5 Å². The summed E-state index contributed by atoms with van der Waals surface area (Å²) in [5.74, 6) is -1.72. The molecule has 4 heteroatoms. The van der Waals surface area contributed by atoms with E-state index in [1.807, 2.05) is 24.3 Å². The van der Waals surface area contributed by atoms with Crippen LogP contribution in [0.15, 0.2) is 46.9 Å². The Morgan fingerprint density at radius 1 is 1.06 bits per heavy atom. The third-order valence-corrected chi connectivity index (χ3v) is 3.51. The van der Waals surface area contributed by atoms with Crippen LogP contribution in [0.4, 0.5) is 8.78 Å². The Morgan fingerprint density at radius 2 is 1.83 bits per heavy atom. The predicted molar refractivity (Wildman–Crippen MR) is 72.8 cm³/mol. The second kappa shape index (κ2) is 5.81. The van der Waals surface area contributed by atoms with Crippen molar-refractivity contribution in [2.45, 2.75) is 11.8 Å². The number of benzene rings is 2. The molecule has 0 amide bonds. The van der Waals surface area contributed by atoms with Crippen molar-refractivity contribution in [3.63, 3.8) is 0 Å². The maximum Gasteiger partial charge on any atom is 0.159 e. The van der Waals surface area contributed by atoms with E-state index >= 15 is 0 Å². The number of rotatable bonds is 3. The predicted octanol–water partition coefficient (Wildman–Crippen LogP) is 5.25. The summed E-state index contributed by atoms with van der Waals surface area (Å²) in [5, 5.41) is -0.380. The average molecular weight is 332 g/mol. The molecule has 0 saturated heterocycles. The van der Waals surface area contributed by atoms with Crippen molar-refractivity contribution in [3.05, 3.63) is 69.7 Å². The number of hydrogen-bond donors (Lipinski definition) is 0. The molecule has 0 aliphatic carbocycles. The van der Waals surface area contributed by atoms with Gasteiger partial charge in [0.1, 0.15) is 0 Å². The topological polar surface area (TPSA) is 0 Å². The Bertz CT molecular complexity index is 557. The maximum atomic E-state index is 13.1. The first-order valence-corrected chi connectivity index (χ1v) is 6.62. The Balaban J connectivity index is 2.16. The van der Waals surface area contributed by atoms with Crippen molar-refractivity contribution in [2.75, 3.05) is 0 Å². The molecular weight excluding hydrogens is 322 g/mol. The molecule has 0 radical (unpaired) electrons. The van der Waals surface area contributed by atoms with E-state index in [9.17, 15) is 8.78 Å². The van der Waals surface area contributed by atoms with Gasteiger partial charge in [-0.15, -0.1) is 11.6 Å². The van der Waals surface area contributed by atoms with E-state index in [1.165, 1.54) is 6.07 Å². The molecule has 0 saturated carbocycles. The lowest BCUT2D eigenvalue weighted by Gasteiger charge is -2.10. The lowest BCUT2D eigenvalue weighted by atomic mass is 10.0. The second-order valence-electron chi connectivity index (χ2n) is 3.98. The van der Waals surface area contributed by atoms with E-state index in [-0.39, 0.29) is 5.38 Å². The lowest BCUT2D eigenvalue weighted by molar-refractivity contribution is 0.507. The summed E-state index contributed by atoms with van der Waals surface area (Å²) < 4.78 is 26.9. The van der Waals surface area contributed by atoms with E-state index in [1.54, 1.807) is 0 Å².